The number of hydrogen-bond donors (Lipinski definition) is 1. The van der Waals surface area contributed by atoms with E-state index in [0.29, 0.717) is 6.42 Å². The van der Waals surface area contributed by atoms with Gasteiger partial charge in [0, 0.05) is 6.42 Å². The Bertz CT molecular complexity index is 697. The number of carbonyl (C=O) groups is 1. The Morgan fingerprint density at radius 2 is 1.64 bits per heavy atom. The van der Waals surface area contributed by atoms with Crippen LogP contribution >= 0.6 is 0 Å². The molecule has 0 saturated carbocycles. The molecule has 1 unspecified atom stereocenters. The number of para-hydroxylation sites is 1. The van der Waals surface area contributed by atoms with Gasteiger partial charge < -0.3 is 0 Å². The van der Waals surface area contributed by atoms with E-state index in [2.05, 4.69) is 5.43 Å². The first-order valence-electron chi connectivity index (χ1n) is 7.45. The summed E-state index contributed by atoms with van der Waals surface area (Å²) >= 11 is 0. The van der Waals surface area contributed by atoms with Crippen LogP contribution in [0.4, 0.5) is 5.69 Å². The first kappa shape index (κ1) is 14.3. The Balaban J connectivity index is 1.94. The van der Waals surface area contributed by atoms with Crippen LogP contribution in [0.2, 0.25) is 0 Å². The summed E-state index contributed by atoms with van der Waals surface area (Å²) in [5.41, 5.74) is 4.08. The van der Waals surface area contributed by atoms with Crippen molar-refractivity contribution in [3.63, 3.8) is 0 Å². The first-order chi connectivity index (χ1) is 10.6. The van der Waals surface area contributed by atoms with Crippen LogP contribution in [-0.2, 0) is 10.3 Å². The van der Waals surface area contributed by atoms with Gasteiger partial charge in [-0.15, -0.1) is 0 Å². The van der Waals surface area contributed by atoms with Crippen LogP contribution in [0.5, 0.6) is 0 Å². The standard InChI is InChI=1S/C18H19N3O/c1-3-16-19-18(2,14-10-6-4-7-11-14)17(22)21(16)20-15-12-8-5-9-13-15/h4-13,20H,3H2,1-2H3. The summed E-state index contributed by atoms with van der Waals surface area (Å²) in [6, 6.07) is 19.4. The fraction of sp³-hybridized carbons (Fsp3) is 0.222. The van der Waals surface area contributed by atoms with Gasteiger partial charge in [-0.05, 0) is 24.6 Å². The molecule has 1 aliphatic rings. The lowest BCUT2D eigenvalue weighted by Gasteiger charge is -2.24. The average Bonchev–Trinajstić information content (AvgIpc) is 2.82. The van der Waals surface area contributed by atoms with Crippen molar-refractivity contribution in [2.45, 2.75) is 25.8 Å². The van der Waals surface area contributed by atoms with Crippen LogP contribution in [0.3, 0.4) is 0 Å². The quantitative estimate of drug-likeness (QED) is 0.936. The van der Waals surface area contributed by atoms with Crippen molar-refractivity contribution in [2.24, 2.45) is 4.99 Å². The van der Waals surface area contributed by atoms with Gasteiger partial charge in [0.1, 0.15) is 5.84 Å². The minimum atomic E-state index is -0.867. The third-order valence-corrected chi connectivity index (χ3v) is 3.90. The van der Waals surface area contributed by atoms with Gasteiger partial charge in [-0.1, -0.05) is 55.5 Å². The maximum atomic E-state index is 13.0. The Hall–Kier alpha value is -2.62. The zero-order chi connectivity index (χ0) is 15.6. The molecule has 1 aliphatic heterocycles. The predicted octanol–water partition coefficient (Wildman–Crippen LogP) is 3.58. The number of carbonyl (C=O) groups excluding carboxylic acids is 1. The van der Waals surface area contributed by atoms with Crippen molar-refractivity contribution in [2.75, 3.05) is 5.43 Å². The highest BCUT2D eigenvalue weighted by Gasteiger charge is 2.45. The van der Waals surface area contributed by atoms with E-state index >= 15 is 0 Å². The van der Waals surface area contributed by atoms with Crippen LogP contribution in [-0.4, -0.2) is 16.8 Å². The molecule has 112 valence electrons. The second-order valence-corrected chi connectivity index (χ2v) is 5.44. The molecular formula is C18H19N3O. The summed E-state index contributed by atoms with van der Waals surface area (Å²) in [6.45, 7) is 3.87. The van der Waals surface area contributed by atoms with Crippen LogP contribution in [0.25, 0.3) is 0 Å². The Morgan fingerprint density at radius 3 is 2.23 bits per heavy atom. The molecule has 0 spiro atoms. The highest BCUT2D eigenvalue weighted by atomic mass is 16.2. The van der Waals surface area contributed by atoms with Crippen LogP contribution in [0.1, 0.15) is 25.8 Å². The lowest BCUT2D eigenvalue weighted by Crippen LogP contribution is -2.42. The van der Waals surface area contributed by atoms with Crippen molar-refractivity contribution >= 4 is 17.4 Å². The molecule has 0 radical (unpaired) electrons. The third kappa shape index (κ3) is 2.37. The zero-order valence-electron chi connectivity index (χ0n) is 12.8. The lowest BCUT2D eigenvalue weighted by molar-refractivity contribution is -0.130. The van der Waals surface area contributed by atoms with E-state index in [1.807, 2.05) is 74.5 Å². The van der Waals surface area contributed by atoms with E-state index in [1.165, 1.54) is 0 Å². The smallest absolute Gasteiger partial charge is 0.279 e. The normalized spacial score (nSPS) is 20.9. The number of anilines is 1. The predicted molar refractivity (Wildman–Crippen MR) is 88.4 cm³/mol. The Morgan fingerprint density at radius 1 is 1.05 bits per heavy atom. The number of hydrazine groups is 1. The monoisotopic (exact) mass is 293 g/mol. The summed E-state index contributed by atoms with van der Waals surface area (Å²) in [6.07, 6.45) is 0.688. The van der Waals surface area contributed by atoms with Crippen molar-refractivity contribution in [3.05, 3.63) is 66.2 Å². The highest BCUT2D eigenvalue weighted by Crippen LogP contribution is 2.34. The molecule has 1 N–H and O–H groups in total. The summed E-state index contributed by atoms with van der Waals surface area (Å²) in [5, 5.41) is 1.57. The summed E-state index contributed by atoms with van der Waals surface area (Å²) in [5.74, 6) is 0.694. The number of nitrogens with zero attached hydrogens (tertiary/aromatic N) is 2. The fourth-order valence-corrected chi connectivity index (χ4v) is 2.64. The molecule has 1 heterocycles. The van der Waals surface area contributed by atoms with E-state index in [4.69, 9.17) is 4.99 Å². The van der Waals surface area contributed by atoms with Crippen LogP contribution < -0.4 is 5.43 Å². The summed E-state index contributed by atoms with van der Waals surface area (Å²) in [7, 11) is 0. The Kier molecular flexibility index (Phi) is 3.67. The van der Waals surface area contributed by atoms with Gasteiger partial charge in [-0.3, -0.25) is 10.2 Å². The molecule has 0 aromatic heterocycles. The number of aliphatic imine (C=N–C) groups is 1. The number of rotatable bonds is 4. The van der Waals surface area contributed by atoms with Crippen molar-refractivity contribution < 1.29 is 4.79 Å². The van der Waals surface area contributed by atoms with E-state index < -0.39 is 5.54 Å². The van der Waals surface area contributed by atoms with E-state index in [0.717, 1.165) is 17.1 Å². The molecule has 1 amide bonds. The minimum Gasteiger partial charge on any atom is -0.290 e. The second kappa shape index (κ2) is 5.64. The van der Waals surface area contributed by atoms with E-state index in [1.54, 1.807) is 5.01 Å². The molecule has 22 heavy (non-hydrogen) atoms. The number of benzene rings is 2. The molecule has 4 heteroatoms. The van der Waals surface area contributed by atoms with E-state index in [-0.39, 0.29) is 5.91 Å². The Labute approximate surface area is 130 Å². The zero-order valence-corrected chi connectivity index (χ0v) is 12.8. The first-order valence-corrected chi connectivity index (χ1v) is 7.45. The average molecular weight is 293 g/mol. The third-order valence-electron chi connectivity index (χ3n) is 3.90. The highest BCUT2D eigenvalue weighted by molar-refractivity contribution is 6.09. The maximum absolute atomic E-state index is 13.0. The van der Waals surface area contributed by atoms with Crippen molar-refractivity contribution in [1.82, 2.24) is 5.01 Å². The van der Waals surface area contributed by atoms with Crippen molar-refractivity contribution in [1.29, 1.82) is 0 Å². The van der Waals surface area contributed by atoms with Gasteiger partial charge >= 0.3 is 0 Å². The van der Waals surface area contributed by atoms with Crippen LogP contribution in [0, 0.1) is 0 Å². The van der Waals surface area contributed by atoms with Crippen molar-refractivity contribution in [3.8, 4) is 0 Å². The number of nitrogens with one attached hydrogen (secondary N) is 1. The molecule has 3 rings (SSSR count). The summed E-state index contributed by atoms with van der Waals surface area (Å²) in [4.78, 5) is 17.6. The maximum Gasteiger partial charge on any atom is 0.279 e. The molecule has 2 aromatic carbocycles. The van der Waals surface area contributed by atoms with Gasteiger partial charge in [-0.25, -0.2) is 10.0 Å². The molecule has 1 atom stereocenters. The molecule has 2 aromatic rings. The molecule has 0 saturated heterocycles. The molecule has 0 fully saturated rings. The SMILES string of the molecule is CCC1=NC(C)(c2ccccc2)C(=O)N1Nc1ccccc1. The minimum absolute atomic E-state index is 0.0561. The van der Waals surface area contributed by atoms with Gasteiger partial charge in [0.05, 0.1) is 5.69 Å². The molecule has 0 aliphatic carbocycles. The van der Waals surface area contributed by atoms with Gasteiger partial charge in [0.25, 0.3) is 5.91 Å². The summed E-state index contributed by atoms with van der Waals surface area (Å²) < 4.78 is 0. The molecule has 4 nitrogen and oxygen atoms in total. The van der Waals surface area contributed by atoms with Crippen LogP contribution in [0.15, 0.2) is 65.7 Å². The van der Waals surface area contributed by atoms with Gasteiger partial charge in [-0.2, -0.15) is 0 Å². The number of amides is 1. The molecule has 0 bridgehead atoms. The molecular weight excluding hydrogens is 274 g/mol. The largest absolute Gasteiger partial charge is 0.290 e. The number of amidine groups is 1. The topological polar surface area (TPSA) is 44.7 Å². The number of hydrogen-bond acceptors (Lipinski definition) is 3. The lowest BCUT2D eigenvalue weighted by atomic mass is 9.92. The fourth-order valence-electron chi connectivity index (χ4n) is 2.64. The second-order valence-electron chi connectivity index (χ2n) is 5.44. The van der Waals surface area contributed by atoms with E-state index in [9.17, 15) is 4.79 Å². The van der Waals surface area contributed by atoms with Gasteiger partial charge in [0.15, 0.2) is 5.54 Å². The van der Waals surface area contributed by atoms with Gasteiger partial charge in [0.2, 0.25) is 0 Å².